The molecular weight excluding hydrogens is 234 g/mol. The summed E-state index contributed by atoms with van der Waals surface area (Å²) < 4.78 is 109. The average molecular weight is 268 g/mol. The maximum absolute atomic E-state index is 8.88. The molecule has 0 saturated heterocycles. The van der Waals surface area contributed by atoms with E-state index >= 15 is 0 Å². The van der Waals surface area contributed by atoms with E-state index in [1.54, 1.807) is 19.1 Å². The van der Waals surface area contributed by atoms with Gasteiger partial charge >= 0.3 is 0 Å². The fourth-order valence-corrected chi connectivity index (χ4v) is 1.37. The number of para-hydroxylation sites is 1. The Kier molecular flexibility index (Phi) is 1.70. The molecule has 0 saturated carbocycles. The lowest BCUT2D eigenvalue weighted by Crippen LogP contribution is -2.16. The highest BCUT2D eigenvalue weighted by molar-refractivity contribution is 5.33. The highest BCUT2D eigenvalue weighted by Gasteiger charge is 2.13. The van der Waals surface area contributed by atoms with Gasteiger partial charge in [0.1, 0.15) is 11.8 Å². The molecule has 0 aliphatic heterocycles. The molecule has 0 aromatic heterocycles. The molecule has 0 fully saturated rings. The summed E-state index contributed by atoms with van der Waals surface area (Å²) in [6.45, 7) is -5.09. The average Bonchev–Trinajstić information content (AvgIpc) is 2.64. The fourth-order valence-electron chi connectivity index (χ4n) is 1.37. The molecular formula is C17H21NO. The first-order valence-corrected chi connectivity index (χ1v) is 5.49. The van der Waals surface area contributed by atoms with Crippen molar-refractivity contribution >= 4 is 0 Å². The smallest absolute Gasteiger partial charge is 0.125 e. The van der Waals surface area contributed by atoms with E-state index < -0.39 is 61.7 Å². The second kappa shape index (κ2) is 6.95. The van der Waals surface area contributed by atoms with Gasteiger partial charge in [0.2, 0.25) is 0 Å². The maximum Gasteiger partial charge on any atom is 0.125 e. The molecule has 0 amide bonds. The topological polar surface area (TPSA) is 21.3 Å². The first kappa shape index (κ1) is 4.64. The van der Waals surface area contributed by atoms with Crippen LogP contribution >= 0.6 is 0 Å². The molecule has 0 aliphatic rings. The molecule has 1 atom stereocenters. The predicted molar refractivity (Wildman–Crippen MR) is 79.5 cm³/mol. The summed E-state index contributed by atoms with van der Waals surface area (Å²) in [5, 5.41) is 1.50. The van der Waals surface area contributed by atoms with Crippen LogP contribution in [0.15, 0.2) is 54.5 Å². The largest absolute Gasteiger partial charge is 0.485 e. The Morgan fingerprint density at radius 2 is 2.16 bits per heavy atom. The minimum Gasteiger partial charge on any atom is -0.485 e. The van der Waals surface area contributed by atoms with Crippen molar-refractivity contribution in [2.75, 3.05) is 13.5 Å². The van der Waals surface area contributed by atoms with Crippen molar-refractivity contribution in [3.05, 3.63) is 65.6 Å². The Hall–Kier alpha value is -1.80. The number of hydrogen-bond acceptors (Lipinski definition) is 2. The summed E-state index contributed by atoms with van der Waals surface area (Å²) >= 11 is 0. The van der Waals surface area contributed by atoms with Crippen molar-refractivity contribution in [2.24, 2.45) is 0 Å². The van der Waals surface area contributed by atoms with Gasteiger partial charge in [-0.25, -0.2) is 0 Å². The minimum atomic E-state index is -3.59. The molecule has 0 spiro atoms. The van der Waals surface area contributed by atoms with Gasteiger partial charge in [0.15, 0.2) is 0 Å². The van der Waals surface area contributed by atoms with Crippen LogP contribution in [-0.2, 0) is 0 Å². The van der Waals surface area contributed by atoms with Crippen LogP contribution in [0, 0.1) is 6.92 Å². The fraction of sp³-hybridized carbons (Fsp3) is 0.294. The van der Waals surface area contributed by atoms with Crippen molar-refractivity contribution in [1.29, 1.82) is 0 Å². The van der Waals surface area contributed by atoms with Crippen molar-refractivity contribution < 1.29 is 22.6 Å². The lowest BCUT2D eigenvalue weighted by molar-refractivity contribution is 0.193. The second-order valence-electron chi connectivity index (χ2n) is 3.57. The summed E-state index contributed by atoms with van der Waals surface area (Å²) in [7, 11) is 0. The summed E-state index contributed by atoms with van der Waals surface area (Å²) in [5.74, 6) is -0.122. The van der Waals surface area contributed by atoms with E-state index in [1.165, 1.54) is 17.4 Å². The van der Waals surface area contributed by atoms with Gasteiger partial charge in [0.25, 0.3) is 0 Å². The molecule has 0 aliphatic carbocycles. The predicted octanol–water partition coefficient (Wildman–Crippen LogP) is 3.72. The van der Waals surface area contributed by atoms with Gasteiger partial charge in [-0.3, -0.25) is 0 Å². The lowest BCUT2D eigenvalue weighted by atomic mass is 10.1. The van der Waals surface area contributed by atoms with Crippen molar-refractivity contribution in [2.45, 2.75) is 19.4 Å². The van der Waals surface area contributed by atoms with Gasteiger partial charge in [0.05, 0.1) is 8.22 Å². The van der Waals surface area contributed by atoms with E-state index in [1.807, 2.05) is 0 Å². The van der Waals surface area contributed by atoms with Gasteiger partial charge < -0.3 is 10.1 Å². The molecule has 0 bridgehead atoms. The van der Waals surface area contributed by atoms with E-state index in [9.17, 15) is 0 Å². The van der Waals surface area contributed by atoms with E-state index in [2.05, 4.69) is 0 Å². The monoisotopic (exact) mass is 268 g/mol. The van der Waals surface area contributed by atoms with E-state index in [4.69, 9.17) is 22.6 Å². The van der Waals surface area contributed by atoms with Crippen LogP contribution in [0.2, 0.25) is 0 Å². The normalized spacial score (nSPS) is 25.8. The standard InChI is InChI=1S/C17H21NO/c1-14-8-6-7-11-16(14)19-17(12-13-18-2)15-9-4-3-5-10-15/h3-11,17-18H,12-13H2,1-2H3/i2D3,3D,4D,5D,9D,10D,12D2,13D2,17D. The number of aryl methyl sites for hydroxylation is 1. The zero-order valence-corrected chi connectivity index (χ0v) is 10.2. The molecule has 2 rings (SSSR count). The van der Waals surface area contributed by atoms with Crippen LogP contribution in [0.4, 0.5) is 0 Å². The van der Waals surface area contributed by atoms with E-state index in [0.717, 1.165) is 0 Å². The Morgan fingerprint density at radius 3 is 2.89 bits per heavy atom. The second-order valence-corrected chi connectivity index (χ2v) is 3.57. The molecule has 2 aromatic rings. The number of nitrogens with one attached hydrogen (secondary N) is 1. The molecule has 19 heavy (non-hydrogen) atoms. The third-order valence-corrected chi connectivity index (χ3v) is 2.27. The van der Waals surface area contributed by atoms with Crippen LogP contribution in [0.3, 0.4) is 0 Å². The van der Waals surface area contributed by atoms with Crippen molar-refractivity contribution in [1.82, 2.24) is 5.32 Å². The third-order valence-electron chi connectivity index (χ3n) is 2.27. The summed E-state index contributed by atoms with van der Waals surface area (Å²) in [6, 6.07) is 1.45. The van der Waals surface area contributed by atoms with Crippen LogP contribution in [0.1, 0.15) is 41.4 Å². The molecule has 100 valence electrons. The van der Waals surface area contributed by atoms with Gasteiger partial charge in [-0.2, -0.15) is 0 Å². The number of ether oxygens (including phenoxy) is 1. The Labute approximate surface area is 133 Å². The highest BCUT2D eigenvalue weighted by Crippen LogP contribution is 2.26. The Bertz CT molecular complexity index is 991. The third kappa shape index (κ3) is 3.83. The van der Waals surface area contributed by atoms with Crippen LogP contribution in [0.5, 0.6) is 5.75 Å². The summed E-state index contributed by atoms with van der Waals surface area (Å²) in [4.78, 5) is 0. The van der Waals surface area contributed by atoms with Crippen LogP contribution < -0.4 is 10.1 Å². The summed E-state index contributed by atoms with van der Waals surface area (Å²) in [6.07, 6.45) is -6.90. The van der Waals surface area contributed by atoms with Gasteiger partial charge in [-0.05, 0) is 37.6 Å². The SMILES string of the molecule is [2H]c1c([2H])c([2H])c(C([2H])(Oc2ccccc2C)C([2H])([2H])C([2H])([2H])NC([2H])([2H])[2H])c([2H])c1[2H]. The molecule has 1 N–H and O–H groups in total. The molecule has 2 heteroatoms. The lowest BCUT2D eigenvalue weighted by Gasteiger charge is -2.20. The Morgan fingerprint density at radius 1 is 1.37 bits per heavy atom. The molecule has 1 unspecified atom stereocenters. The van der Waals surface area contributed by atoms with Gasteiger partial charge in [-0.15, -0.1) is 0 Å². The zero-order chi connectivity index (χ0) is 24.9. The van der Waals surface area contributed by atoms with Crippen LogP contribution in [-0.4, -0.2) is 13.5 Å². The number of benzene rings is 2. The molecule has 2 nitrogen and oxygen atoms in total. The number of hydrogen-bond donors (Lipinski definition) is 1. The van der Waals surface area contributed by atoms with Crippen LogP contribution in [0.25, 0.3) is 0 Å². The Balaban J connectivity index is 2.91. The van der Waals surface area contributed by atoms with Gasteiger partial charge in [-0.1, -0.05) is 48.4 Å². The zero-order valence-electron chi connectivity index (χ0n) is 23.2. The van der Waals surface area contributed by atoms with Crippen molar-refractivity contribution in [3.8, 4) is 5.75 Å². The molecule has 2 aromatic carbocycles. The highest BCUT2D eigenvalue weighted by atomic mass is 16.5. The maximum atomic E-state index is 8.88. The van der Waals surface area contributed by atoms with Gasteiger partial charge in [0, 0.05) is 16.0 Å². The summed E-state index contributed by atoms with van der Waals surface area (Å²) in [5.41, 5.74) is -0.593. The van der Waals surface area contributed by atoms with E-state index in [-0.39, 0.29) is 5.75 Å². The van der Waals surface area contributed by atoms with Crippen molar-refractivity contribution in [3.63, 3.8) is 0 Å². The first-order valence-electron chi connectivity index (χ1n) is 12.0. The van der Waals surface area contributed by atoms with E-state index in [0.29, 0.717) is 5.56 Å². The quantitative estimate of drug-likeness (QED) is 0.862. The first-order chi connectivity index (χ1) is 14.4. The minimum absolute atomic E-state index is 0.122. The molecule has 0 radical (unpaired) electrons. The number of rotatable bonds is 6. The molecule has 0 heterocycles.